The first-order valence-corrected chi connectivity index (χ1v) is 7.91. The van der Waals surface area contributed by atoms with Crippen molar-refractivity contribution in [3.8, 4) is 11.5 Å². The largest absolute Gasteiger partial charge is 0.493 e. The molecule has 1 atom stereocenters. The van der Waals surface area contributed by atoms with Gasteiger partial charge in [0.2, 0.25) is 0 Å². The summed E-state index contributed by atoms with van der Waals surface area (Å²) in [4.78, 5) is 25.9. The Balaban J connectivity index is 2.18. The molecule has 1 amide bonds. The fraction of sp³-hybridized carbons (Fsp3) is 0.444. The number of carboxylic acids is 1. The van der Waals surface area contributed by atoms with Crippen molar-refractivity contribution >= 4 is 11.9 Å². The number of carbonyl (C=O) groups excluding carboxylic acids is 1. The van der Waals surface area contributed by atoms with Crippen LogP contribution in [0.3, 0.4) is 0 Å². The van der Waals surface area contributed by atoms with Gasteiger partial charge >= 0.3 is 5.97 Å². The molecule has 0 radical (unpaired) electrons. The van der Waals surface area contributed by atoms with Gasteiger partial charge in [-0.3, -0.25) is 9.59 Å². The summed E-state index contributed by atoms with van der Waals surface area (Å²) in [5.74, 6) is -0.240. The molecule has 1 fully saturated rings. The summed E-state index contributed by atoms with van der Waals surface area (Å²) >= 11 is 0. The lowest BCUT2D eigenvalue weighted by Gasteiger charge is -2.24. The van der Waals surface area contributed by atoms with Crippen molar-refractivity contribution in [2.45, 2.75) is 6.42 Å². The highest BCUT2D eigenvalue weighted by Gasteiger charge is 2.46. The van der Waals surface area contributed by atoms with Gasteiger partial charge in [0.25, 0.3) is 5.91 Å². The average Bonchev–Trinajstić information content (AvgIpc) is 3.05. The van der Waals surface area contributed by atoms with Crippen molar-refractivity contribution in [2.75, 3.05) is 40.5 Å². The van der Waals surface area contributed by atoms with E-state index in [0.717, 1.165) is 0 Å². The quantitative estimate of drug-likeness (QED) is 0.721. The van der Waals surface area contributed by atoms with Crippen LogP contribution in [0.25, 0.3) is 0 Å². The van der Waals surface area contributed by atoms with Gasteiger partial charge in [0.15, 0.2) is 11.5 Å². The van der Waals surface area contributed by atoms with Gasteiger partial charge in [-0.25, -0.2) is 0 Å². The average molecular weight is 349 g/mol. The van der Waals surface area contributed by atoms with E-state index in [4.69, 9.17) is 14.2 Å². The molecular formula is C18H23NO6. The molecule has 0 aliphatic carbocycles. The topological polar surface area (TPSA) is 85.3 Å². The van der Waals surface area contributed by atoms with Crippen LogP contribution in [0.4, 0.5) is 0 Å². The maximum absolute atomic E-state index is 12.7. The lowest BCUT2D eigenvalue weighted by Crippen LogP contribution is -2.40. The molecule has 25 heavy (non-hydrogen) atoms. The van der Waals surface area contributed by atoms with Crippen molar-refractivity contribution < 1.29 is 28.9 Å². The number of benzene rings is 1. The van der Waals surface area contributed by atoms with Crippen LogP contribution in [0.1, 0.15) is 16.8 Å². The highest BCUT2D eigenvalue weighted by molar-refractivity contribution is 5.95. The minimum Gasteiger partial charge on any atom is -0.493 e. The van der Waals surface area contributed by atoms with Crippen LogP contribution in [0.2, 0.25) is 0 Å². The molecule has 1 saturated heterocycles. The molecule has 1 aliphatic heterocycles. The molecule has 2 rings (SSSR count). The number of amides is 1. The monoisotopic (exact) mass is 349 g/mol. The summed E-state index contributed by atoms with van der Waals surface area (Å²) in [6.45, 7) is 4.47. The smallest absolute Gasteiger partial charge is 0.313 e. The van der Waals surface area contributed by atoms with Crippen molar-refractivity contribution in [3.63, 3.8) is 0 Å². The van der Waals surface area contributed by atoms with E-state index in [9.17, 15) is 14.7 Å². The first-order chi connectivity index (χ1) is 12.0. The highest BCUT2D eigenvalue weighted by Crippen LogP contribution is 2.33. The molecule has 1 aromatic rings. The third-order valence-electron chi connectivity index (χ3n) is 4.28. The third kappa shape index (κ3) is 3.93. The second kappa shape index (κ2) is 8.02. The predicted octanol–water partition coefficient (Wildman–Crippen LogP) is 1.82. The van der Waals surface area contributed by atoms with Crippen LogP contribution < -0.4 is 9.47 Å². The molecule has 0 bridgehead atoms. The molecule has 136 valence electrons. The summed E-state index contributed by atoms with van der Waals surface area (Å²) in [6.07, 6.45) is 1.98. The summed E-state index contributed by atoms with van der Waals surface area (Å²) in [5.41, 5.74) is -0.636. The van der Waals surface area contributed by atoms with Crippen molar-refractivity contribution in [2.24, 2.45) is 5.41 Å². The molecule has 1 heterocycles. The first-order valence-electron chi connectivity index (χ1n) is 7.91. The Morgan fingerprint density at radius 2 is 2.12 bits per heavy atom. The van der Waals surface area contributed by atoms with Crippen LogP contribution in [0, 0.1) is 5.41 Å². The summed E-state index contributed by atoms with van der Waals surface area (Å²) in [6, 6.07) is 4.89. The number of methoxy groups -OCH3 is 2. The number of ether oxygens (including phenoxy) is 3. The molecule has 0 aromatic heterocycles. The molecule has 0 saturated carbocycles. The van der Waals surface area contributed by atoms with Gasteiger partial charge in [0, 0.05) is 25.8 Å². The summed E-state index contributed by atoms with van der Waals surface area (Å²) in [7, 11) is 2.95. The molecule has 7 nitrogen and oxygen atoms in total. The molecule has 7 heteroatoms. The number of rotatable bonds is 8. The van der Waals surface area contributed by atoms with Gasteiger partial charge in [0.1, 0.15) is 12.0 Å². The lowest BCUT2D eigenvalue weighted by atomic mass is 9.88. The fourth-order valence-electron chi connectivity index (χ4n) is 2.93. The Morgan fingerprint density at radius 3 is 2.72 bits per heavy atom. The van der Waals surface area contributed by atoms with Crippen LogP contribution in [0.5, 0.6) is 11.5 Å². The van der Waals surface area contributed by atoms with Crippen molar-refractivity contribution in [1.82, 2.24) is 4.90 Å². The number of nitrogens with zero attached hydrogens (tertiary/aromatic N) is 1. The zero-order valence-corrected chi connectivity index (χ0v) is 14.5. The van der Waals surface area contributed by atoms with Gasteiger partial charge in [-0.05, 0) is 24.6 Å². The van der Waals surface area contributed by atoms with Gasteiger partial charge in [-0.1, -0.05) is 12.7 Å². The number of carboxylic acid groups (broad SMARTS) is 1. The van der Waals surface area contributed by atoms with Gasteiger partial charge in [0.05, 0.1) is 13.7 Å². The van der Waals surface area contributed by atoms with E-state index in [2.05, 4.69) is 6.58 Å². The summed E-state index contributed by atoms with van der Waals surface area (Å²) in [5, 5.41) is 9.50. The van der Waals surface area contributed by atoms with Crippen LogP contribution >= 0.6 is 0 Å². The Kier molecular flexibility index (Phi) is 6.03. The second-order valence-corrected chi connectivity index (χ2v) is 5.96. The Bertz CT molecular complexity index is 659. The van der Waals surface area contributed by atoms with E-state index in [1.807, 2.05) is 0 Å². The minimum absolute atomic E-state index is 0.0732. The second-order valence-electron chi connectivity index (χ2n) is 5.96. The third-order valence-corrected chi connectivity index (χ3v) is 4.28. The number of aliphatic carboxylic acids is 1. The molecule has 1 aromatic carbocycles. The maximum atomic E-state index is 12.7. The van der Waals surface area contributed by atoms with E-state index in [1.54, 1.807) is 24.3 Å². The van der Waals surface area contributed by atoms with Gasteiger partial charge in [-0.2, -0.15) is 0 Å². The van der Waals surface area contributed by atoms with E-state index >= 15 is 0 Å². The number of hydrogen-bond donors (Lipinski definition) is 1. The molecule has 0 spiro atoms. The van der Waals surface area contributed by atoms with Crippen LogP contribution in [-0.2, 0) is 9.53 Å². The SMILES string of the molecule is C=CCOc1ccc(C(=O)N2CCC(COC)(C(=O)O)C2)cc1OC. The standard InChI is InChI=1S/C18H23NO6/c1-4-9-25-14-6-5-13(10-15(14)24-3)16(20)19-8-7-18(11-19,12-23-2)17(21)22/h4-6,10H,1,7-9,11-12H2,2-3H3,(H,21,22). The minimum atomic E-state index is -1.05. The van der Waals surface area contributed by atoms with E-state index < -0.39 is 11.4 Å². The zero-order valence-electron chi connectivity index (χ0n) is 14.5. The normalized spacial score (nSPS) is 19.5. The lowest BCUT2D eigenvalue weighted by molar-refractivity contribution is -0.151. The van der Waals surface area contributed by atoms with Gasteiger partial charge in [-0.15, -0.1) is 0 Å². The highest BCUT2D eigenvalue weighted by atomic mass is 16.5. The van der Waals surface area contributed by atoms with Crippen molar-refractivity contribution in [3.05, 3.63) is 36.4 Å². The summed E-state index contributed by atoms with van der Waals surface area (Å²) < 4.78 is 15.8. The predicted molar refractivity (Wildman–Crippen MR) is 91.2 cm³/mol. The molecule has 1 unspecified atom stereocenters. The number of hydrogen-bond acceptors (Lipinski definition) is 5. The molecular weight excluding hydrogens is 326 g/mol. The van der Waals surface area contributed by atoms with E-state index in [1.165, 1.54) is 19.1 Å². The Morgan fingerprint density at radius 1 is 1.36 bits per heavy atom. The van der Waals surface area contributed by atoms with Crippen molar-refractivity contribution in [1.29, 1.82) is 0 Å². The molecule has 1 N–H and O–H groups in total. The van der Waals surface area contributed by atoms with E-state index in [0.29, 0.717) is 36.6 Å². The molecule has 1 aliphatic rings. The zero-order chi connectivity index (χ0) is 18.4. The first kappa shape index (κ1) is 18.8. The Labute approximate surface area is 146 Å². The van der Waals surface area contributed by atoms with E-state index in [-0.39, 0.29) is 19.1 Å². The van der Waals surface area contributed by atoms with Crippen LogP contribution in [0.15, 0.2) is 30.9 Å². The number of carbonyl (C=O) groups is 2. The van der Waals surface area contributed by atoms with Crippen LogP contribution in [-0.4, -0.2) is 62.4 Å². The Hall–Kier alpha value is -2.54. The maximum Gasteiger partial charge on any atom is 0.313 e. The fourth-order valence-corrected chi connectivity index (χ4v) is 2.93. The van der Waals surface area contributed by atoms with Gasteiger partial charge < -0.3 is 24.2 Å². The number of likely N-dealkylation sites (tertiary alicyclic amines) is 1.